The number of amides is 1. The first-order valence-electron chi connectivity index (χ1n) is 13.3. The zero-order chi connectivity index (χ0) is 22.7. The van der Waals surface area contributed by atoms with Gasteiger partial charge >= 0.3 is 0 Å². The van der Waals surface area contributed by atoms with Gasteiger partial charge in [-0.3, -0.25) is 4.79 Å². The molecule has 32 heavy (non-hydrogen) atoms. The molecule has 4 fully saturated rings. The summed E-state index contributed by atoms with van der Waals surface area (Å²) in [7, 11) is 1.74. The van der Waals surface area contributed by atoms with Crippen LogP contribution in [0.1, 0.15) is 100 Å². The molecule has 0 saturated heterocycles. The van der Waals surface area contributed by atoms with Crippen molar-refractivity contribution < 1.29 is 9.90 Å². The summed E-state index contributed by atoms with van der Waals surface area (Å²) in [5.41, 5.74) is 2.06. The van der Waals surface area contributed by atoms with Crippen LogP contribution in [-0.2, 0) is 0 Å². The molecule has 176 valence electrons. The molecule has 0 radical (unpaired) electrons. The molecule has 9 atom stereocenters. The number of hydrogen-bond donors (Lipinski definition) is 2. The van der Waals surface area contributed by atoms with Crippen LogP contribution in [0.15, 0.2) is 24.3 Å². The van der Waals surface area contributed by atoms with Gasteiger partial charge in [0.05, 0.1) is 5.60 Å². The number of benzene rings is 1. The number of fused-ring (bicyclic) bond motifs is 5. The molecule has 4 aliphatic rings. The highest BCUT2D eigenvalue weighted by molar-refractivity contribution is 5.95. The van der Waals surface area contributed by atoms with E-state index >= 15 is 0 Å². The van der Waals surface area contributed by atoms with Crippen LogP contribution in [0.3, 0.4) is 0 Å². The van der Waals surface area contributed by atoms with E-state index in [0.717, 1.165) is 48.0 Å². The number of hydrogen-bond acceptors (Lipinski definition) is 2. The van der Waals surface area contributed by atoms with Gasteiger partial charge in [0.15, 0.2) is 0 Å². The lowest BCUT2D eigenvalue weighted by Crippen LogP contribution is -2.50. The van der Waals surface area contributed by atoms with Gasteiger partial charge in [0.2, 0.25) is 0 Å². The molecule has 0 bridgehead atoms. The number of aliphatic hydroxyl groups is 1. The summed E-state index contributed by atoms with van der Waals surface area (Å²) in [6, 6.07) is 8.28. The van der Waals surface area contributed by atoms with E-state index in [1.807, 2.05) is 12.1 Å². The fourth-order valence-corrected chi connectivity index (χ4v) is 9.40. The molecule has 1 aromatic rings. The van der Waals surface area contributed by atoms with Crippen molar-refractivity contribution >= 4 is 5.91 Å². The second-order valence-electron chi connectivity index (χ2n) is 12.4. The van der Waals surface area contributed by atoms with Crippen molar-refractivity contribution in [3.63, 3.8) is 0 Å². The first-order chi connectivity index (χ1) is 15.2. The van der Waals surface area contributed by atoms with E-state index in [1.54, 1.807) is 7.05 Å². The van der Waals surface area contributed by atoms with Gasteiger partial charge in [-0.15, -0.1) is 0 Å². The first-order valence-corrected chi connectivity index (χ1v) is 13.3. The predicted octanol–water partition coefficient (Wildman–Crippen LogP) is 6.17. The van der Waals surface area contributed by atoms with Crippen molar-refractivity contribution in [3.05, 3.63) is 35.4 Å². The molecular weight excluding hydrogens is 394 g/mol. The van der Waals surface area contributed by atoms with Crippen LogP contribution in [0.2, 0.25) is 0 Å². The number of rotatable bonds is 3. The van der Waals surface area contributed by atoms with E-state index in [2.05, 4.69) is 38.2 Å². The lowest BCUT2D eigenvalue weighted by Gasteiger charge is -2.57. The van der Waals surface area contributed by atoms with E-state index in [-0.39, 0.29) is 5.91 Å². The topological polar surface area (TPSA) is 49.3 Å². The summed E-state index contributed by atoms with van der Waals surface area (Å²) < 4.78 is 0. The molecule has 0 aromatic heterocycles. The summed E-state index contributed by atoms with van der Waals surface area (Å²) in [5.74, 6) is 5.32. The Morgan fingerprint density at radius 2 is 1.75 bits per heavy atom. The SMILES string of the molecule is CNC(=O)c1ccccc1[C@@H](C)[C@@H]1CC[C@H]2[C@@H]3CC[C@@H]4C[C@](C)(O)CC[C@@H]4[C@H]3CC[C@@]21C. The van der Waals surface area contributed by atoms with Crippen LogP contribution >= 0.6 is 0 Å². The summed E-state index contributed by atoms with van der Waals surface area (Å²) in [5, 5.41) is 13.5. The van der Waals surface area contributed by atoms with Crippen LogP contribution in [-0.4, -0.2) is 23.7 Å². The van der Waals surface area contributed by atoms with E-state index in [1.165, 1.54) is 50.5 Å². The Kier molecular flexibility index (Phi) is 5.72. The van der Waals surface area contributed by atoms with Crippen molar-refractivity contribution in [3.8, 4) is 0 Å². The normalized spacial score (nSPS) is 44.2. The predicted molar refractivity (Wildman–Crippen MR) is 129 cm³/mol. The third kappa shape index (κ3) is 3.54. The molecule has 0 aliphatic heterocycles. The number of nitrogens with one attached hydrogen (secondary N) is 1. The minimum Gasteiger partial charge on any atom is -0.390 e. The highest BCUT2D eigenvalue weighted by Crippen LogP contribution is 2.66. The van der Waals surface area contributed by atoms with Crippen LogP contribution < -0.4 is 5.32 Å². The van der Waals surface area contributed by atoms with Gasteiger partial charge in [0, 0.05) is 12.6 Å². The fraction of sp³-hybridized carbons (Fsp3) is 0.759. The molecule has 3 nitrogen and oxygen atoms in total. The lowest BCUT2D eigenvalue weighted by atomic mass is 9.48. The highest BCUT2D eigenvalue weighted by Gasteiger charge is 2.58. The standard InChI is InChI=1S/C29H43NO2/c1-18(20-7-5-6-8-24(20)27(31)30-4)25-11-12-26-23-10-9-19-17-28(2,32)15-13-21(19)22(23)14-16-29(25,26)3/h5-8,18-19,21-23,25-26,32H,9-17H2,1-4H3,(H,30,31)/t18-,19-,21+,22-,23-,25+,26+,28-,29-/m1/s1. The molecule has 0 spiro atoms. The van der Waals surface area contributed by atoms with Crippen molar-refractivity contribution in [1.82, 2.24) is 5.32 Å². The maximum atomic E-state index is 12.6. The minimum absolute atomic E-state index is 0.0439. The molecule has 2 N–H and O–H groups in total. The monoisotopic (exact) mass is 437 g/mol. The van der Waals surface area contributed by atoms with Crippen LogP contribution in [0.5, 0.6) is 0 Å². The average Bonchev–Trinajstić information content (AvgIpc) is 3.14. The number of carbonyl (C=O) groups excluding carboxylic acids is 1. The Balaban J connectivity index is 1.38. The Labute approximate surface area is 194 Å². The molecule has 1 amide bonds. The van der Waals surface area contributed by atoms with E-state index < -0.39 is 5.60 Å². The zero-order valence-electron chi connectivity index (χ0n) is 20.6. The van der Waals surface area contributed by atoms with Crippen LogP contribution in [0.25, 0.3) is 0 Å². The summed E-state index contributed by atoms with van der Waals surface area (Å²) >= 11 is 0. The van der Waals surface area contributed by atoms with Crippen molar-refractivity contribution in [2.75, 3.05) is 7.05 Å². The van der Waals surface area contributed by atoms with Gasteiger partial charge in [-0.25, -0.2) is 0 Å². The molecule has 0 unspecified atom stereocenters. The van der Waals surface area contributed by atoms with Gasteiger partial charge < -0.3 is 10.4 Å². The summed E-state index contributed by atoms with van der Waals surface area (Å²) in [6.07, 6.45) is 11.3. The van der Waals surface area contributed by atoms with Crippen molar-refractivity contribution in [2.24, 2.45) is 40.9 Å². The van der Waals surface area contributed by atoms with Gasteiger partial charge in [0.25, 0.3) is 5.91 Å². The Morgan fingerprint density at radius 1 is 1.00 bits per heavy atom. The molecule has 0 heterocycles. The third-order valence-electron chi connectivity index (χ3n) is 10.8. The Morgan fingerprint density at radius 3 is 2.53 bits per heavy atom. The maximum Gasteiger partial charge on any atom is 0.251 e. The third-order valence-corrected chi connectivity index (χ3v) is 10.8. The maximum absolute atomic E-state index is 12.6. The summed E-state index contributed by atoms with van der Waals surface area (Å²) in [4.78, 5) is 12.6. The molecule has 5 rings (SSSR count). The van der Waals surface area contributed by atoms with Crippen molar-refractivity contribution in [2.45, 2.75) is 90.1 Å². The number of carbonyl (C=O) groups is 1. The van der Waals surface area contributed by atoms with E-state index in [9.17, 15) is 9.90 Å². The fourth-order valence-electron chi connectivity index (χ4n) is 9.40. The second-order valence-corrected chi connectivity index (χ2v) is 12.4. The van der Waals surface area contributed by atoms with Gasteiger partial charge in [-0.2, -0.15) is 0 Å². The Hall–Kier alpha value is -1.35. The van der Waals surface area contributed by atoms with E-state index in [4.69, 9.17) is 0 Å². The average molecular weight is 438 g/mol. The first kappa shape index (κ1) is 22.4. The highest BCUT2D eigenvalue weighted by atomic mass is 16.3. The van der Waals surface area contributed by atoms with Gasteiger partial charge in [-0.1, -0.05) is 32.0 Å². The second kappa shape index (κ2) is 8.15. The molecule has 4 aliphatic carbocycles. The largest absolute Gasteiger partial charge is 0.390 e. The molecule has 1 aromatic carbocycles. The molecule has 3 heteroatoms. The summed E-state index contributed by atoms with van der Waals surface area (Å²) in [6.45, 7) is 7.04. The zero-order valence-corrected chi connectivity index (χ0v) is 20.6. The lowest BCUT2D eigenvalue weighted by molar-refractivity contribution is -0.101. The van der Waals surface area contributed by atoms with Gasteiger partial charge in [-0.05, 0) is 123 Å². The quantitative estimate of drug-likeness (QED) is 0.594. The minimum atomic E-state index is -0.427. The Bertz CT molecular complexity index is 862. The van der Waals surface area contributed by atoms with E-state index in [0.29, 0.717) is 17.3 Å². The molecular formula is C29H43NO2. The smallest absolute Gasteiger partial charge is 0.251 e. The van der Waals surface area contributed by atoms with Crippen molar-refractivity contribution in [1.29, 1.82) is 0 Å². The van der Waals surface area contributed by atoms with Crippen LogP contribution in [0.4, 0.5) is 0 Å². The van der Waals surface area contributed by atoms with Gasteiger partial charge in [0.1, 0.15) is 0 Å². The van der Waals surface area contributed by atoms with Crippen LogP contribution in [0, 0.1) is 40.9 Å². The molecule has 4 saturated carbocycles.